The second-order valence-corrected chi connectivity index (χ2v) is 6.87. The van der Waals surface area contributed by atoms with Crippen molar-refractivity contribution < 1.29 is 22.3 Å². The Labute approximate surface area is 173 Å². The third-order valence-corrected chi connectivity index (χ3v) is 4.21. The molecule has 0 bridgehead atoms. The molecule has 3 rings (SSSR count). The van der Waals surface area contributed by atoms with Gasteiger partial charge in [0.1, 0.15) is 11.6 Å². The SMILES string of the molecule is CC(C)n1c(=O)nc(Nc2ccc(OC(F)(F)F)cc2)n(Cc2ccc(F)cc2)c1=O. The summed E-state index contributed by atoms with van der Waals surface area (Å²) in [4.78, 5) is 29.2. The number of aromatic nitrogens is 3. The van der Waals surface area contributed by atoms with Gasteiger partial charge < -0.3 is 10.1 Å². The Morgan fingerprint density at radius 3 is 2.19 bits per heavy atom. The van der Waals surface area contributed by atoms with Crippen molar-refractivity contribution in [2.45, 2.75) is 32.8 Å². The van der Waals surface area contributed by atoms with Crippen LogP contribution < -0.4 is 21.4 Å². The molecule has 0 unspecified atom stereocenters. The molecule has 11 heteroatoms. The van der Waals surface area contributed by atoms with Crippen molar-refractivity contribution in [2.24, 2.45) is 0 Å². The van der Waals surface area contributed by atoms with E-state index in [-0.39, 0.29) is 18.2 Å². The lowest BCUT2D eigenvalue weighted by atomic mass is 10.2. The van der Waals surface area contributed by atoms with Crippen molar-refractivity contribution in [3.8, 4) is 5.75 Å². The van der Waals surface area contributed by atoms with Crippen LogP contribution in [-0.4, -0.2) is 20.5 Å². The standard InChI is InChI=1S/C20H18F4N4O3/c1-12(2)28-18(29)26-17(25-15-7-9-16(10-8-15)31-20(22,23)24)27(19(28)30)11-13-3-5-14(21)6-4-13/h3-10,12H,11H2,1-2H3,(H,25,26,29). The first-order valence-corrected chi connectivity index (χ1v) is 9.14. The van der Waals surface area contributed by atoms with Gasteiger partial charge in [0.15, 0.2) is 0 Å². The van der Waals surface area contributed by atoms with E-state index in [2.05, 4.69) is 15.0 Å². The first-order chi connectivity index (χ1) is 14.5. The van der Waals surface area contributed by atoms with Gasteiger partial charge in [-0.05, 0) is 55.8 Å². The maximum absolute atomic E-state index is 13.2. The van der Waals surface area contributed by atoms with E-state index in [0.717, 1.165) is 16.7 Å². The maximum Gasteiger partial charge on any atom is 0.573 e. The van der Waals surface area contributed by atoms with Crippen LogP contribution in [-0.2, 0) is 6.54 Å². The molecule has 2 aromatic carbocycles. The van der Waals surface area contributed by atoms with Gasteiger partial charge in [-0.15, -0.1) is 13.2 Å². The van der Waals surface area contributed by atoms with Crippen molar-refractivity contribution in [2.75, 3.05) is 5.32 Å². The lowest BCUT2D eigenvalue weighted by molar-refractivity contribution is -0.274. The molecule has 0 atom stereocenters. The minimum atomic E-state index is -4.83. The summed E-state index contributed by atoms with van der Waals surface area (Å²) in [5.74, 6) is -0.980. The molecule has 0 saturated heterocycles. The van der Waals surface area contributed by atoms with E-state index < -0.39 is 35.4 Å². The largest absolute Gasteiger partial charge is 0.573 e. The highest BCUT2D eigenvalue weighted by atomic mass is 19.4. The molecule has 3 aromatic rings. The Bertz CT molecular complexity index is 1170. The number of anilines is 2. The van der Waals surface area contributed by atoms with E-state index in [1.165, 1.54) is 41.0 Å². The molecule has 0 amide bonds. The number of rotatable bonds is 6. The fourth-order valence-corrected chi connectivity index (χ4v) is 2.83. The monoisotopic (exact) mass is 438 g/mol. The number of ether oxygens (including phenoxy) is 1. The highest BCUT2D eigenvalue weighted by molar-refractivity contribution is 5.54. The zero-order valence-corrected chi connectivity index (χ0v) is 16.5. The van der Waals surface area contributed by atoms with Gasteiger partial charge in [-0.1, -0.05) is 12.1 Å². The highest BCUT2D eigenvalue weighted by Gasteiger charge is 2.31. The molecule has 31 heavy (non-hydrogen) atoms. The van der Waals surface area contributed by atoms with Gasteiger partial charge in [0, 0.05) is 11.7 Å². The highest BCUT2D eigenvalue weighted by Crippen LogP contribution is 2.25. The summed E-state index contributed by atoms with van der Waals surface area (Å²) in [5, 5.41) is 2.77. The van der Waals surface area contributed by atoms with E-state index in [4.69, 9.17) is 0 Å². The summed E-state index contributed by atoms with van der Waals surface area (Å²) in [5.41, 5.74) is -0.569. The van der Waals surface area contributed by atoms with Crippen molar-refractivity contribution in [1.29, 1.82) is 0 Å². The van der Waals surface area contributed by atoms with Crippen molar-refractivity contribution in [3.05, 3.63) is 80.9 Å². The fraction of sp³-hybridized carbons (Fsp3) is 0.250. The van der Waals surface area contributed by atoms with Crippen LogP contribution >= 0.6 is 0 Å². The van der Waals surface area contributed by atoms with Crippen molar-refractivity contribution in [1.82, 2.24) is 14.1 Å². The van der Waals surface area contributed by atoms with Crippen LogP contribution in [0.4, 0.5) is 29.2 Å². The molecule has 0 fully saturated rings. The topological polar surface area (TPSA) is 78.2 Å². The van der Waals surface area contributed by atoms with Gasteiger partial charge in [0.2, 0.25) is 5.95 Å². The number of halogens is 4. The van der Waals surface area contributed by atoms with Gasteiger partial charge in [-0.2, -0.15) is 4.98 Å². The van der Waals surface area contributed by atoms with E-state index >= 15 is 0 Å². The molecule has 0 saturated carbocycles. The number of hydrogen-bond acceptors (Lipinski definition) is 5. The second kappa shape index (κ2) is 8.62. The van der Waals surface area contributed by atoms with Crippen LogP contribution in [0, 0.1) is 5.82 Å². The first kappa shape index (κ1) is 22.1. The number of nitrogens with zero attached hydrogens (tertiary/aromatic N) is 3. The molecule has 7 nitrogen and oxygen atoms in total. The quantitative estimate of drug-likeness (QED) is 0.592. The van der Waals surface area contributed by atoms with E-state index in [1.807, 2.05) is 0 Å². The molecule has 0 aliphatic rings. The van der Waals surface area contributed by atoms with Crippen molar-refractivity contribution >= 4 is 11.6 Å². The maximum atomic E-state index is 13.2. The summed E-state index contributed by atoms with van der Waals surface area (Å²) in [7, 11) is 0. The molecular weight excluding hydrogens is 420 g/mol. The van der Waals surface area contributed by atoms with Crippen molar-refractivity contribution in [3.63, 3.8) is 0 Å². The molecule has 1 heterocycles. The molecule has 0 aliphatic heterocycles. The number of nitrogens with one attached hydrogen (secondary N) is 1. The van der Waals surface area contributed by atoms with Gasteiger partial charge in [0.05, 0.1) is 6.54 Å². The smallest absolute Gasteiger partial charge is 0.406 e. The minimum Gasteiger partial charge on any atom is -0.406 e. The lowest BCUT2D eigenvalue weighted by Gasteiger charge is -2.17. The van der Waals surface area contributed by atoms with Gasteiger partial charge in [-0.25, -0.2) is 18.5 Å². The third kappa shape index (κ3) is 5.50. The number of alkyl halides is 3. The minimum absolute atomic E-state index is 0.0171. The van der Waals surface area contributed by atoms with Crippen LogP contribution in [0.5, 0.6) is 5.75 Å². The lowest BCUT2D eigenvalue weighted by Crippen LogP contribution is -2.43. The Kier molecular flexibility index (Phi) is 6.14. The Morgan fingerprint density at radius 1 is 1.03 bits per heavy atom. The molecule has 1 N–H and O–H groups in total. The van der Waals surface area contributed by atoms with Crippen LogP contribution in [0.1, 0.15) is 25.5 Å². The molecule has 0 spiro atoms. The van der Waals surface area contributed by atoms with Gasteiger partial charge >= 0.3 is 17.7 Å². The average Bonchev–Trinajstić information content (AvgIpc) is 2.66. The van der Waals surface area contributed by atoms with Crippen LogP contribution in [0.3, 0.4) is 0 Å². The van der Waals surface area contributed by atoms with Crippen LogP contribution in [0.25, 0.3) is 0 Å². The summed E-state index contributed by atoms with van der Waals surface area (Å²) in [6.07, 6.45) is -4.83. The molecule has 164 valence electrons. The molecule has 1 aromatic heterocycles. The predicted molar refractivity (Wildman–Crippen MR) is 105 cm³/mol. The average molecular weight is 438 g/mol. The van der Waals surface area contributed by atoms with Crippen LogP contribution in [0.2, 0.25) is 0 Å². The normalized spacial score (nSPS) is 11.6. The summed E-state index contributed by atoms with van der Waals surface area (Å²) >= 11 is 0. The van der Waals surface area contributed by atoms with E-state index in [0.29, 0.717) is 5.56 Å². The second-order valence-electron chi connectivity index (χ2n) is 6.87. The molecule has 0 aliphatic carbocycles. The molecular formula is C20H18F4N4O3. The molecule has 0 radical (unpaired) electrons. The Hall–Kier alpha value is -3.63. The number of benzene rings is 2. The Morgan fingerprint density at radius 2 is 1.65 bits per heavy atom. The summed E-state index contributed by atoms with van der Waals surface area (Å²) in [6, 6.07) is 9.70. The van der Waals surface area contributed by atoms with Gasteiger partial charge in [0.25, 0.3) is 0 Å². The zero-order chi connectivity index (χ0) is 22.8. The fourth-order valence-electron chi connectivity index (χ4n) is 2.83. The number of hydrogen-bond donors (Lipinski definition) is 1. The van der Waals surface area contributed by atoms with E-state index in [1.54, 1.807) is 13.8 Å². The van der Waals surface area contributed by atoms with E-state index in [9.17, 15) is 27.2 Å². The zero-order valence-electron chi connectivity index (χ0n) is 16.5. The Balaban J connectivity index is 1.99. The van der Waals surface area contributed by atoms with Gasteiger partial charge in [-0.3, -0.25) is 4.57 Å². The summed E-state index contributed by atoms with van der Waals surface area (Å²) in [6.45, 7) is 3.29. The van der Waals surface area contributed by atoms with Crippen LogP contribution in [0.15, 0.2) is 58.1 Å². The predicted octanol–water partition coefficient (Wildman–Crippen LogP) is 3.82. The third-order valence-electron chi connectivity index (χ3n) is 4.21. The first-order valence-electron chi connectivity index (χ1n) is 9.14. The summed E-state index contributed by atoms with van der Waals surface area (Å²) < 4.78 is 56.1.